The lowest BCUT2D eigenvalue weighted by Gasteiger charge is -2.03. The molecule has 0 atom stereocenters. The van der Waals surface area contributed by atoms with Crippen LogP contribution in [0.4, 0.5) is 0 Å². The molecule has 0 fully saturated rings. The minimum atomic E-state index is 0.865. The number of allylic oxidation sites excluding steroid dienone is 2. The maximum Gasteiger partial charge on any atom is -0.0351 e. The van der Waals surface area contributed by atoms with Gasteiger partial charge in [-0.3, -0.25) is 0 Å². The molecule has 0 N–H and O–H groups in total. The molecule has 102 valence electrons. The van der Waals surface area contributed by atoms with Gasteiger partial charge >= 0.3 is 0 Å². The molecule has 0 unspecified atom stereocenters. The molecule has 0 aromatic rings. The molecule has 17 heavy (non-hydrogen) atoms. The molecular weight excluding hydrogens is 204 g/mol. The molecule has 0 aliphatic carbocycles. The quantitative estimate of drug-likeness (QED) is 0.290. The van der Waals surface area contributed by atoms with E-state index in [1.807, 2.05) is 0 Å². The zero-order valence-electron chi connectivity index (χ0n) is 12.7. The van der Waals surface area contributed by atoms with Crippen LogP contribution in [0.1, 0.15) is 85.5 Å². The summed E-state index contributed by atoms with van der Waals surface area (Å²) in [6.07, 6.45) is 17.2. The van der Waals surface area contributed by atoms with Crippen LogP contribution in [0.25, 0.3) is 0 Å². The van der Waals surface area contributed by atoms with E-state index in [1.54, 1.807) is 0 Å². The van der Waals surface area contributed by atoms with Gasteiger partial charge in [0.05, 0.1) is 0 Å². The predicted molar refractivity (Wildman–Crippen MR) is 80.4 cm³/mol. The highest BCUT2D eigenvalue weighted by atomic mass is 14.0. The van der Waals surface area contributed by atoms with Gasteiger partial charge in [-0.25, -0.2) is 0 Å². The van der Waals surface area contributed by atoms with Gasteiger partial charge in [0.1, 0.15) is 0 Å². The Morgan fingerprint density at radius 3 is 1.65 bits per heavy atom. The summed E-state index contributed by atoms with van der Waals surface area (Å²) in [5, 5.41) is 0. The average Bonchev–Trinajstić information content (AvgIpc) is 2.25. The first-order valence-corrected chi connectivity index (χ1v) is 7.78. The highest BCUT2D eigenvalue weighted by molar-refractivity contribution is 4.81. The molecular formula is C17H34. The minimum Gasteiger partial charge on any atom is -0.0885 e. The Bertz CT molecular complexity index is 165. The second-order valence-electron chi connectivity index (χ2n) is 6.18. The van der Waals surface area contributed by atoms with Gasteiger partial charge in [-0.1, -0.05) is 72.0 Å². The number of rotatable bonds is 11. The fourth-order valence-corrected chi connectivity index (χ4v) is 2.05. The van der Waals surface area contributed by atoms with Crippen molar-refractivity contribution in [2.45, 2.75) is 85.5 Å². The molecule has 0 saturated carbocycles. The van der Waals surface area contributed by atoms with E-state index in [2.05, 4.69) is 39.8 Å². The number of hydrogen-bond donors (Lipinski definition) is 0. The zero-order chi connectivity index (χ0) is 12.9. The van der Waals surface area contributed by atoms with Crippen LogP contribution in [0, 0.1) is 11.8 Å². The summed E-state index contributed by atoms with van der Waals surface area (Å²) < 4.78 is 0. The van der Waals surface area contributed by atoms with Gasteiger partial charge in [0.2, 0.25) is 0 Å². The summed E-state index contributed by atoms with van der Waals surface area (Å²) in [5.41, 5.74) is 0. The van der Waals surface area contributed by atoms with Crippen molar-refractivity contribution >= 4 is 0 Å². The summed E-state index contributed by atoms with van der Waals surface area (Å²) in [7, 11) is 0. The van der Waals surface area contributed by atoms with Gasteiger partial charge in [0, 0.05) is 0 Å². The van der Waals surface area contributed by atoms with Crippen LogP contribution in [-0.4, -0.2) is 0 Å². The fourth-order valence-electron chi connectivity index (χ4n) is 2.05. The van der Waals surface area contributed by atoms with Crippen molar-refractivity contribution in [1.29, 1.82) is 0 Å². The standard InChI is InChI=1S/C17H34/c1-16(2)14-12-10-8-6-5-7-9-11-13-15-17(3)4/h6,8,16-17H,5,7,9-15H2,1-4H3/b8-6-. The van der Waals surface area contributed by atoms with Crippen molar-refractivity contribution in [3.05, 3.63) is 12.2 Å². The van der Waals surface area contributed by atoms with Gasteiger partial charge in [-0.15, -0.1) is 0 Å². The molecule has 0 nitrogen and oxygen atoms in total. The van der Waals surface area contributed by atoms with E-state index in [0.29, 0.717) is 0 Å². The lowest BCUT2D eigenvalue weighted by atomic mass is 10.0. The molecule has 0 aliphatic rings. The van der Waals surface area contributed by atoms with Crippen LogP contribution in [-0.2, 0) is 0 Å². The number of unbranched alkanes of at least 4 members (excludes halogenated alkanes) is 5. The van der Waals surface area contributed by atoms with Gasteiger partial charge in [-0.2, -0.15) is 0 Å². The monoisotopic (exact) mass is 238 g/mol. The lowest BCUT2D eigenvalue weighted by Crippen LogP contribution is -1.86. The van der Waals surface area contributed by atoms with Crippen LogP contribution in [0.2, 0.25) is 0 Å². The minimum absolute atomic E-state index is 0.865. The maximum absolute atomic E-state index is 2.39. The summed E-state index contributed by atoms with van der Waals surface area (Å²) in [4.78, 5) is 0. The summed E-state index contributed by atoms with van der Waals surface area (Å²) in [6, 6.07) is 0. The van der Waals surface area contributed by atoms with Crippen LogP contribution in [0.15, 0.2) is 12.2 Å². The smallest absolute Gasteiger partial charge is 0.0351 e. The Kier molecular flexibility index (Phi) is 12.0. The lowest BCUT2D eigenvalue weighted by molar-refractivity contribution is 0.521. The van der Waals surface area contributed by atoms with Crippen molar-refractivity contribution in [3.8, 4) is 0 Å². The third-order valence-electron chi connectivity index (χ3n) is 3.22. The van der Waals surface area contributed by atoms with Crippen LogP contribution < -0.4 is 0 Å². The first-order chi connectivity index (χ1) is 8.13. The van der Waals surface area contributed by atoms with Crippen molar-refractivity contribution < 1.29 is 0 Å². The van der Waals surface area contributed by atoms with Gasteiger partial charge in [0.15, 0.2) is 0 Å². The van der Waals surface area contributed by atoms with E-state index in [9.17, 15) is 0 Å². The second kappa shape index (κ2) is 12.2. The molecule has 0 heteroatoms. The van der Waals surface area contributed by atoms with E-state index in [4.69, 9.17) is 0 Å². The molecule has 0 saturated heterocycles. The van der Waals surface area contributed by atoms with E-state index >= 15 is 0 Å². The summed E-state index contributed by atoms with van der Waals surface area (Å²) in [5.74, 6) is 1.75. The largest absolute Gasteiger partial charge is 0.0885 e. The molecule has 0 aromatic heterocycles. The summed E-state index contributed by atoms with van der Waals surface area (Å²) in [6.45, 7) is 9.25. The van der Waals surface area contributed by atoms with Crippen LogP contribution >= 0.6 is 0 Å². The topological polar surface area (TPSA) is 0 Å². The van der Waals surface area contributed by atoms with Crippen LogP contribution in [0.3, 0.4) is 0 Å². The maximum atomic E-state index is 2.39. The average molecular weight is 238 g/mol. The first kappa shape index (κ1) is 16.7. The van der Waals surface area contributed by atoms with Crippen molar-refractivity contribution in [1.82, 2.24) is 0 Å². The zero-order valence-corrected chi connectivity index (χ0v) is 12.7. The Labute approximate surface area is 110 Å². The molecule has 0 bridgehead atoms. The number of hydrogen-bond acceptors (Lipinski definition) is 0. The van der Waals surface area contributed by atoms with E-state index < -0.39 is 0 Å². The highest BCUT2D eigenvalue weighted by Gasteiger charge is 1.94. The van der Waals surface area contributed by atoms with Gasteiger partial charge in [-0.05, 0) is 37.5 Å². The van der Waals surface area contributed by atoms with Crippen LogP contribution in [0.5, 0.6) is 0 Å². The molecule has 0 heterocycles. The molecule has 0 radical (unpaired) electrons. The predicted octanol–water partition coefficient (Wildman–Crippen LogP) is 6.37. The SMILES string of the molecule is CC(C)CCC/C=C\CCCCCCC(C)C. The molecule has 0 aromatic carbocycles. The van der Waals surface area contributed by atoms with Crippen molar-refractivity contribution in [3.63, 3.8) is 0 Å². The molecule has 0 aliphatic heterocycles. The molecule has 0 amide bonds. The first-order valence-electron chi connectivity index (χ1n) is 7.78. The van der Waals surface area contributed by atoms with Crippen molar-refractivity contribution in [2.75, 3.05) is 0 Å². The Morgan fingerprint density at radius 2 is 1.06 bits per heavy atom. The van der Waals surface area contributed by atoms with E-state index in [0.717, 1.165) is 11.8 Å². The highest BCUT2D eigenvalue weighted by Crippen LogP contribution is 2.11. The molecule has 0 rings (SSSR count). The Balaban J connectivity index is 3.09. The fraction of sp³-hybridized carbons (Fsp3) is 0.882. The van der Waals surface area contributed by atoms with Crippen molar-refractivity contribution in [2.24, 2.45) is 11.8 Å². The second-order valence-corrected chi connectivity index (χ2v) is 6.18. The van der Waals surface area contributed by atoms with Gasteiger partial charge in [0.25, 0.3) is 0 Å². The van der Waals surface area contributed by atoms with E-state index in [1.165, 1.54) is 57.8 Å². The third-order valence-corrected chi connectivity index (χ3v) is 3.22. The third kappa shape index (κ3) is 15.7. The van der Waals surface area contributed by atoms with E-state index in [-0.39, 0.29) is 0 Å². The normalized spacial score (nSPS) is 12.1. The summed E-state index contributed by atoms with van der Waals surface area (Å²) >= 11 is 0. The Morgan fingerprint density at radius 1 is 0.588 bits per heavy atom. The Hall–Kier alpha value is -0.260. The molecule has 0 spiro atoms. The van der Waals surface area contributed by atoms with Gasteiger partial charge < -0.3 is 0 Å².